The quantitative estimate of drug-likeness (QED) is 0.892. The number of rotatable bonds is 5. The molecule has 0 bridgehead atoms. The molecule has 0 radical (unpaired) electrons. The van der Waals surface area contributed by atoms with Crippen LogP contribution in [0.4, 0.5) is 5.82 Å². The summed E-state index contributed by atoms with van der Waals surface area (Å²) in [4.78, 5) is 31.2. The third-order valence-corrected chi connectivity index (χ3v) is 3.78. The first-order valence-corrected chi connectivity index (χ1v) is 7.15. The SMILES string of the molecule is CN(C)c1cc(C(=O)N(CC(=O)O)C2CCCC2)ccn1. The number of nitrogens with zero attached hydrogens (tertiary/aromatic N) is 3. The Morgan fingerprint density at radius 3 is 2.57 bits per heavy atom. The number of carbonyl (C=O) groups excluding carboxylic acids is 1. The van der Waals surface area contributed by atoms with E-state index in [4.69, 9.17) is 5.11 Å². The molecule has 0 spiro atoms. The molecule has 6 nitrogen and oxygen atoms in total. The molecule has 1 aromatic rings. The van der Waals surface area contributed by atoms with Crippen molar-refractivity contribution in [2.24, 2.45) is 0 Å². The lowest BCUT2D eigenvalue weighted by Crippen LogP contribution is -2.42. The Morgan fingerprint density at radius 1 is 1.33 bits per heavy atom. The van der Waals surface area contributed by atoms with E-state index < -0.39 is 5.97 Å². The number of carboxylic acids is 1. The summed E-state index contributed by atoms with van der Waals surface area (Å²) >= 11 is 0. The van der Waals surface area contributed by atoms with Gasteiger partial charge in [0.25, 0.3) is 5.91 Å². The van der Waals surface area contributed by atoms with Crippen molar-refractivity contribution < 1.29 is 14.7 Å². The first-order valence-electron chi connectivity index (χ1n) is 7.15. The molecular formula is C15H21N3O3. The molecule has 0 aliphatic heterocycles. The molecule has 1 aromatic heterocycles. The third-order valence-electron chi connectivity index (χ3n) is 3.78. The summed E-state index contributed by atoms with van der Waals surface area (Å²) in [6, 6.07) is 3.37. The fourth-order valence-electron chi connectivity index (χ4n) is 2.69. The molecular weight excluding hydrogens is 270 g/mol. The van der Waals surface area contributed by atoms with Crippen LogP contribution in [0.3, 0.4) is 0 Å². The van der Waals surface area contributed by atoms with Crippen molar-refractivity contribution >= 4 is 17.7 Å². The molecule has 21 heavy (non-hydrogen) atoms. The van der Waals surface area contributed by atoms with Crippen molar-refractivity contribution in [3.8, 4) is 0 Å². The molecule has 1 amide bonds. The highest BCUT2D eigenvalue weighted by Crippen LogP contribution is 2.25. The van der Waals surface area contributed by atoms with Crippen LogP contribution < -0.4 is 4.90 Å². The van der Waals surface area contributed by atoms with Gasteiger partial charge in [-0.1, -0.05) is 12.8 Å². The summed E-state index contributed by atoms with van der Waals surface area (Å²) in [5.41, 5.74) is 0.488. The molecule has 0 aromatic carbocycles. The number of anilines is 1. The van der Waals surface area contributed by atoms with Crippen molar-refractivity contribution in [1.29, 1.82) is 0 Å². The molecule has 1 aliphatic carbocycles. The van der Waals surface area contributed by atoms with Gasteiger partial charge in [-0.2, -0.15) is 0 Å². The minimum Gasteiger partial charge on any atom is -0.480 e. The number of hydrogen-bond acceptors (Lipinski definition) is 4. The van der Waals surface area contributed by atoms with Gasteiger partial charge in [0.1, 0.15) is 12.4 Å². The van der Waals surface area contributed by atoms with E-state index in [1.165, 1.54) is 4.90 Å². The molecule has 0 unspecified atom stereocenters. The van der Waals surface area contributed by atoms with Crippen molar-refractivity contribution in [2.45, 2.75) is 31.7 Å². The molecule has 2 rings (SSSR count). The highest BCUT2D eigenvalue weighted by atomic mass is 16.4. The third kappa shape index (κ3) is 3.71. The zero-order valence-electron chi connectivity index (χ0n) is 12.5. The lowest BCUT2D eigenvalue weighted by molar-refractivity contribution is -0.138. The van der Waals surface area contributed by atoms with Crippen molar-refractivity contribution in [3.63, 3.8) is 0 Å². The number of carbonyl (C=O) groups is 2. The van der Waals surface area contributed by atoms with Crippen LogP contribution in [-0.2, 0) is 4.79 Å². The van der Waals surface area contributed by atoms with Crippen LogP contribution in [0.1, 0.15) is 36.0 Å². The van der Waals surface area contributed by atoms with Crippen LogP contribution in [0.25, 0.3) is 0 Å². The van der Waals surface area contributed by atoms with E-state index in [1.54, 1.807) is 18.3 Å². The largest absolute Gasteiger partial charge is 0.480 e. The number of aliphatic carboxylic acids is 1. The molecule has 1 saturated carbocycles. The summed E-state index contributed by atoms with van der Waals surface area (Å²) in [5.74, 6) is -0.519. The van der Waals surface area contributed by atoms with E-state index in [9.17, 15) is 9.59 Å². The predicted molar refractivity (Wildman–Crippen MR) is 79.5 cm³/mol. The summed E-state index contributed by atoms with van der Waals surface area (Å²) in [6.07, 6.45) is 5.44. The van der Waals surface area contributed by atoms with E-state index in [0.29, 0.717) is 11.4 Å². The zero-order chi connectivity index (χ0) is 15.4. The van der Waals surface area contributed by atoms with Gasteiger partial charge >= 0.3 is 5.97 Å². The van der Waals surface area contributed by atoms with Crippen LogP contribution in [0.5, 0.6) is 0 Å². The van der Waals surface area contributed by atoms with Gasteiger partial charge in [0.05, 0.1) is 0 Å². The van der Waals surface area contributed by atoms with Crippen LogP contribution in [0, 0.1) is 0 Å². The van der Waals surface area contributed by atoms with E-state index in [-0.39, 0.29) is 18.5 Å². The van der Waals surface area contributed by atoms with E-state index >= 15 is 0 Å². The van der Waals surface area contributed by atoms with Gasteiger partial charge in [-0.3, -0.25) is 9.59 Å². The van der Waals surface area contributed by atoms with Gasteiger partial charge in [-0.15, -0.1) is 0 Å². The van der Waals surface area contributed by atoms with Crippen molar-refractivity contribution in [1.82, 2.24) is 9.88 Å². The molecule has 1 heterocycles. The minimum atomic E-state index is -0.975. The van der Waals surface area contributed by atoms with Crippen LogP contribution in [0.15, 0.2) is 18.3 Å². The molecule has 1 N–H and O–H groups in total. The number of aromatic nitrogens is 1. The lowest BCUT2D eigenvalue weighted by Gasteiger charge is -2.27. The highest BCUT2D eigenvalue weighted by molar-refractivity contribution is 5.96. The van der Waals surface area contributed by atoms with Crippen LogP contribution in [0.2, 0.25) is 0 Å². The summed E-state index contributed by atoms with van der Waals surface area (Å²) < 4.78 is 0. The monoisotopic (exact) mass is 291 g/mol. The van der Waals surface area contributed by atoms with Crippen LogP contribution in [-0.4, -0.2) is 53.5 Å². The number of amides is 1. The Kier molecular flexibility index (Phi) is 4.77. The molecule has 0 atom stereocenters. The number of hydrogen-bond donors (Lipinski definition) is 1. The fourth-order valence-corrected chi connectivity index (χ4v) is 2.69. The van der Waals surface area contributed by atoms with Gasteiger partial charge < -0.3 is 14.9 Å². The number of pyridine rings is 1. The Bertz CT molecular complexity index is 525. The Balaban J connectivity index is 2.24. The molecule has 1 aliphatic rings. The molecule has 6 heteroatoms. The van der Waals surface area contributed by atoms with Gasteiger partial charge in [0, 0.05) is 31.9 Å². The smallest absolute Gasteiger partial charge is 0.323 e. The van der Waals surface area contributed by atoms with E-state index in [1.807, 2.05) is 19.0 Å². The predicted octanol–water partition coefficient (Wildman–Crippen LogP) is 1.62. The van der Waals surface area contributed by atoms with E-state index in [0.717, 1.165) is 25.7 Å². The second-order valence-corrected chi connectivity index (χ2v) is 5.56. The average Bonchev–Trinajstić information content (AvgIpc) is 2.98. The first kappa shape index (κ1) is 15.3. The normalized spacial score (nSPS) is 15.0. The van der Waals surface area contributed by atoms with Crippen molar-refractivity contribution in [3.05, 3.63) is 23.9 Å². The fraction of sp³-hybridized carbons (Fsp3) is 0.533. The van der Waals surface area contributed by atoms with Crippen molar-refractivity contribution in [2.75, 3.05) is 25.5 Å². The molecule has 0 saturated heterocycles. The first-order chi connectivity index (χ1) is 9.99. The minimum absolute atomic E-state index is 0.0320. The standard InChI is InChI=1S/C15H21N3O3/c1-17(2)13-9-11(7-8-16-13)15(21)18(10-14(19)20)12-5-3-4-6-12/h7-9,12H,3-6,10H2,1-2H3,(H,19,20). The topological polar surface area (TPSA) is 73.7 Å². The Hall–Kier alpha value is -2.11. The van der Waals surface area contributed by atoms with Gasteiger partial charge in [0.2, 0.25) is 0 Å². The Labute approximate surface area is 124 Å². The molecule has 1 fully saturated rings. The Morgan fingerprint density at radius 2 is 2.00 bits per heavy atom. The maximum atomic E-state index is 12.7. The highest BCUT2D eigenvalue weighted by Gasteiger charge is 2.29. The van der Waals surface area contributed by atoms with Gasteiger partial charge in [0.15, 0.2) is 0 Å². The maximum absolute atomic E-state index is 12.7. The lowest BCUT2D eigenvalue weighted by atomic mass is 10.1. The van der Waals surface area contributed by atoms with Crippen LogP contribution >= 0.6 is 0 Å². The second-order valence-electron chi connectivity index (χ2n) is 5.56. The zero-order valence-corrected chi connectivity index (χ0v) is 12.5. The molecule has 114 valence electrons. The summed E-state index contributed by atoms with van der Waals surface area (Å²) in [7, 11) is 3.70. The summed E-state index contributed by atoms with van der Waals surface area (Å²) in [6.45, 7) is -0.247. The van der Waals surface area contributed by atoms with Gasteiger partial charge in [-0.25, -0.2) is 4.98 Å². The average molecular weight is 291 g/mol. The summed E-state index contributed by atoms with van der Waals surface area (Å²) in [5, 5.41) is 9.07. The number of carboxylic acid groups (broad SMARTS) is 1. The van der Waals surface area contributed by atoms with Gasteiger partial charge in [-0.05, 0) is 25.0 Å². The maximum Gasteiger partial charge on any atom is 0.323 e. The second kappa shape index (κ2) is 6.56. The van der Waals surface area contributed by atoms with E-state index in [2.05, 4.69) is 4.98 Å².